The van der Waals surface area contributed by atoms with Gasteiger partial charge >= 0.3 is 0 Å². The second kappa shape index (κ2) is 7.40. The van der Waals surface area contributed by atoms with Crippen LogP contribution in [0, 0.1) is 5.92 Å². The van der Waals surface area contributed by atoms with Crippen LogP contribution in [0.2, 0.25) is 0 Å². The SMILES string of the molecule is COc1cccc(OC)c1CN1CC[C@@H]2OCC(=O)N(C)C[C@H]2C1. The van der Waals surface area contributed by atoms with Gasteiger partial charge in [-0.3, -0.25) is 9.69 Å². The fourth-order valence-corrected chi connectivity index (χ4v) is 3.67. The molecule has 6 heteroatoms. The molecule has 24 heavy (non-hydrogen) atoms. The van der Waals surface area contributed by atoms with Gasteiger partial charge in [-0.25, -0.2) is 0 Å². The van der Waals surface area contributed by atoms with Crippen molar-refractivity contribution in [2.24, 2.45) is 5.92 Å². The van der Waals surface area contributed by atoms with E-state index in [9.17, 15) is 4.79 Å². The molecule has 0 spiro atoms. The molecule has 2 saturated heterocycles. The van der Waals surface area contributed by atoms with E-state index < -0.39 is 0 Å². The van der Waals surface area contributed by atoms with Gasteiger partial charge in [-0.2, -0.15) is 0 Å². The number of carbonyl (C=O) groups is 1. The number of ether oxygens (including phenoxy) is 3. The lowest BCUT2D eigenvalue weighted by atomic mass is 9.93. The highest BCUT2D eigenvalue weighted by Gasteiger charge is 2.35. The number of fused-ring (bicyclic) bond motifs is 1. The highest BCUT2D eigenvalue weighted by molar-refractivity contribution is 5.77. The molecule has 0 radical (unpaired) electrons. The summed E-state index contributed by atoms with van der Waals surface area (Å²) in [5, 5.41) is 0. The molecule has 132 valence electrons. The van der Waals surface area contributed by atoms with E-state index in [4.69, 9.17) is 14.2 Å². The maximum atomic E-state index is 11.9. The zero-order valence-electron chi connectivity index (χ0n) is 14.7. The van der Waals surface area contributed by atoms with E-state index in [1.807, 2.05) is 25.2 Å². The average molecular weight is 334 g/mol. The number of nitrogens with zero attached hydrogens (tertiary/aromatic N) is 2. The predicted molar refractivity (Wildman–Crippen MR) is 90.3 cm³/mol. The Morgan fingerprint density at radius 2 is 1.92 bits per heavy atom. The predicted octanol–water partition coefficient (Wildman–Crippen LogP) is 1.38. The number of piperidine rings is 1. The Morgan fingerprint density at radius 1 is 1.21 bits per heavy atom. The van der Waals surface area contributed by atoms with Crippen molar-refractivity contribution >= 4 is 5.91 Å². The highest BCUT2D eigenvalue weighted by atomic mass is 16.5. The van der Waals surface area contributed by atoms with Crippen LogP contribution in [0.3, 0.4) is 0 Å². The molecule has 2 aliphatic heterocycles. The van der Waals surface area contributed by atoms with Crippen LogP contribution in [0.25, 0.3) is 0 Å². The van der Waals surface area contributed by atoms with Crippen molar-refractivity contribution in [3.8, 4) is 11.5 Å². The molecular formula is C18H26N2O4. The van der Waals surface area contributed by atoms with E-state index in [1.165, 1.54) is 0 Å². The largest absolute Gasteiger partial charge is 0.496 e. The van der Waals surface area contributed by atoms with Crippen molar-refractivity contribution < 1.29 is 19.0 Å². The van der Waals surface area contributed by atoms with Crippen LogP contribution in [-0.2, 0) is 16.1 Å². The minimum absolute atomic E-state index is 0.0716. The minimum Gasteiger partial charge on any atom is -0.496 e. The molecular weight excluding hydrogens is 308 g/mol. The first-order valence-electron chi connectivity index (χ1n) is 8.40. The molecule has 0 aliphatic carbocycles. The molecule has 2 aliphatic rings. The van der Waals surface area contributed by atoms with Gasteiger partial charge < -0.3 is 19.1 Å². The van der Waals surface area contributed by atoms with Crippen molar-refractivity contribution in [1.29, 1.82) is 0 Å². The molecule has 2 atom stereocenters. The van der Waals surface area contributed by atoms with Gasteiger partial charge in [0.15, 0.2) is 0 Å². The standard InChI is InChI=1S/C18H26N2O4/c1-19-9-13-10-20(8-7-15(13)24-12-18(19)21)11-14-16(22-2)5-4-6-17(14)23-3/h4-6,13,15H,7-12H2,1-3H3/t13-,15-/m0/s1. The topological polar surface area (TPSA) is 51.2 Å². The van der Waals surface area contributed by atoms with Crippen LogP contribution in [0.15, 0.2) is 18.2 Å². The van der Waals surface area contributed by atoms with Crippen LogP contribution >= 0.6 is 0 Å². The van der Waals surface area contributed by atoms with Crippen molar-refractivity contribution in [2.45, 2.75) is 19.1 Å². The van der Waals surface area contributed by atoms with Crippen molar-refractivity contribution in [1.82, 2.24) is 9.80 Å². The second-order valence-corrected chi connectivity index (χ2v) is 6.55. The molecule has 1 aromatic rings. The molecule has 0 bridgehead atoms. The van der Waals surface area contributed by atoms with Crippen LogP contribution in [-0.4, -0.2) is 69.3 Å². The van der Waals surface area contributed by atoms with Crippen LogP contribution in [0.4, 0.5) is 0 Å². The van der Waals surface area contributed by atoms with Gasteiger partial charge in [0, 0.05) is 39.1 Å². The maximum absolute atomic E-state index is 11.9. The Kier molecular flexibility index (Phi) is 5.26. The molecule has 2 heterocycles. The molecule has 2 fully saturated rings. The quantitative estimate of drug-likeness (QED) is 0.833. The zero-order chi connectivity index (χ0) is 17.1. The van der Waals surface area contributed by atoms with Gasteiger partial charge in [0.05, 0.1) is 25.9 Å². The Labute approximate surface area is 143 Å². The van der Waals surface area contributed by atoms with Gasteiger partial charge in [-0.1, -0.05) is 6.07 Å². The number of hydrogen-bond donors (Lipinski definition) is 0. The van der Waals surface area contributed by atoms with Gasteiger partial charge in [-0.05, 0) is 18.6 Å². The summed E-state index contributed by atoms with van der Waals surface area (Å²) in [6.45, 7) is 3.58. The Morgan fingerprint density at radius 3 is 2.58 bits per heavy atom. The Bertz CT molecular complexity index is 570. The summed E-state index contributed by atoms with van der Waals surface area (Å²) < 4.78 is 16.8. The van der Waals surface area contributed by atoms with E-state index in [2.05, 4.69) is 4.90 Å². The summed E-state index contributed by atoms with van der Waals surface area (Å²) in [7, 11) is 5.23. The smallest absolute Gasteiger partial charge is 0.248 e. The second-order valence-electron chi connectivity index (χ2n) is 6.55. The third-order valence-electron chi connectivity index (χ3n) is 5.01. The number of likely N-dealkylation sites (tertiary alicyclic amines) is 1. The lowest BCUT2D eigenvalue weighted by Gasteiger charge is -2.38. The fourth-order valence-electron chi connectivity index (χ4n) is 3.67. The molecule has 1 aromatic carbocycles. The number of carbonyl (C=O) groups excluding carboxylic acids is 1. The molecule has 6 nitrogen and oxygen atoms in total. The van der Waals surface area contributed by atoms with E-state index in [-0.39, 0.29) is 18.6 Å². The van der Waals surface area contributed by atoms with Crippen molar-refractivity contribution in [3.63, 3.8) is 0 Å². The minimum atomic E-state index is 0.0716. The summed E-state index contributed by atoms with van der Waals surface area (Å²) in [5.41, 5.74) is 1.07. The molecule has 3 rings (SSSR count). The summed E-state index contributed by atoms with van der Waals surface area (Å²) >= 11 is 0. The number of rotatable bonds is 4. The van der Waals surface area contributed by atoms with Gasteiger partial charge in [0.25, 0.3) is 0 Å². The molecule has 0 N–H and O–H groups in total. The highest BCUT2D eigenvalue weighted by Crippen LogP contribution is 2.32. The molecule has 0 unspecified atom stereocenters. The van der Waals surface area contributed by atoms with E-state index >= 15 is 0 Å². The lowest BCUT2D eigenvalue weighted by Crippen LogP contribution is -2.46. The number of methoxy groups -OCH3 is 2. The van der Waals surface area contributed by atoms with Crippen molar-refractivity contribution in [2.75, 3.05) is 47.5 Å². The molecule has 0 saturated carbocycles. The monoisotopic (exact) mass is 334 g/mol. The first-order valence-corrected chi connectivity index (χ1v) is 8.40. The van der Waals surface area contributed by atoms with Gasteiger partial charge in [0.2, 0.25) is 5.91 Å². The van der Waals surface area contributed by atoms with Gasteiger partial charge in [-0.15, -0.1) is 0 Å². The van der Waals surface area contributed by atoms with Crippen molar-refractivity contribution in [3.05, 3.63) is 23.8 Å². The fraction of sp³-hybridized carbons (Fsp3) is 0.611. The van der Waals surface area contributed by atoms with E-state index in [1.54, 1.807) is 19.1 Å². The number of amides is 1. The molecule has 1 amide bonds. The average Bonchev–Trinajstić information content (AvgIpc) is 2.74. The summed E-state index contributed by atoms with van der Waals surface area (Å²) in [4.78, 5) is 16.0. The third kappa shape index (κ3) is 3.49. The lowest BCUT2D eigenvalue weighted by molar-refractivity contribution is -0.133. The Balaban J connectivity index is 1.73. The van der Waals surface area contributed by atoms with E-state index in [0.717, 1.165) is 49.7 Å². The molecule has 0 aromatic heterocycles. The zero-order valence-corrected chi connectivity index (χ0v) is 14.7. The first kappa shape index (κ1) is 17.0. The number of benzene rings is 1. The van der Waals surface area contributed by atoms with Gasteiger partial charge in [0.1, 0.15) is 18.1 Å². The normalized spacial score (nSPS) is 25.1. The van der Waals surface area contributed by atoms with Crippen LogP contribution < -0.4 is 9.47 Å². The maximum Gasteiger partial charge on any atom is 0.248 e. The summed E-state index contributed by atoms with van der Waals surface area (Å²) in [6, 6.07) is 5.87. The first-order chi connectivity index (χ1) is 11.6. The summed E-state index contributed by atoms with van der Waals surface area (Å²) in [6.07, 6.45) is 1.12. The number of likely N-dealkylation sites (N-methyl/N-ethyl adjacent to an activating group) is 1. The van der Waals surface area contributed by atoms with Crippen LogP contribution in [0.5, 0.6) is 11.5 Å². The summed E-state index contributed by atoms with van der Waals surface area (Å²) in [5.74, 6) is 2.11. The third-order valence-corrected chi connectivity index (χ3v) is 5.01. The van der Waals surface area contributed by atoms with Crippen LogP contribution in [0.1, 0.15) is 12.0 Å². The Hall–Kier alpha value is -1.79. The van der Waals surface area contributed by atoms with E-state index in [0.29, 0.717) is 5.92 Å². The number of hydrogen-bond acceptors (Lipinski definition) is 5.